The van der Waals surface area contributed by atoms with Crippen LogP contribution >= 0.6 is 11.6 Å². The molecule has 0 fully saturated rings. The highest BCUT2D eigenvalue weighted by Crippen LogP contribution is 2.29. The predicted octanol–water partition coefficient (Wildman–Crippen LogP) is 4.90. The van der Waals surface area contributed by atoms with Crippen molar-refractivity contribution in [3.63, 3.8) is 0 Å². The summed E-state index contributed by atoms with van der Waals surface area (Å²) in [5.74, 6) is -0.813. The highest BCUT2D eigenvalue weighted by molar-refractivity contribution is 7.92. The van der Waals surface area contributed by atoms with Crippen LogP contribution in [0.15, 0.2) is 71.6 Å². The number of halogens is 3. The molecule has 0 atom stereocenters. The van der Waals surface area contributed by atoms with E-state index in [0.29, 0.717) is 0 Å². The molecule has 0 heterocycles. The number of nitrogens with one attached hydrogen (secondary N) is 2. The number of nitrogens with zero attached hydrogens (tertiary/aromatic N) is 1. The molecule has 0 spiro atoms. The van der Waals surface area contributed by atoms with Gasteiger partial charge < -0.3 is 10.1 Å². The number of non-ortho nitro benzene ring substituents is 1. The molecule has 2 N–H and O–H groups in total. The minimum atomic E-state index is -4.10. The van der Waals surface area contributed by atoms with Crippen molar-refractivity contribution in [2.75, 3.05) is 10.0 Å². The Morgan fingerprint density at radius 3 is 2.30 bits per heavy atom. The second kappa shape index (κ2) is 9.79. The fourth-order valence-corrected chi connectivity index (χ4v) is 3.96. The first-order valence-electron chi connectivity index (χ1n) is 8.98. The summed E-state index contributed by atoms with van der Waals surface area (Å²) >= 11 is 5.85. The Labute approximate surface area is 191 Å². The normalized spacial score (nSPS) is 11.2. The summed E-state index contributed by atoms with van der Waals surface area (Å²) in [7, 11) is -4.10. The molecule has 33 heavy (non-hydrogen) atoms. The molecule has 0 bridgehead atoms. The van der Waals surface area contributed by atoms with Crippen LogP contribution in [0.4, 0.5) is 25.8 Å². The number of ether oxygens (including phenoxy) is 1. The summed E-state index contributed by atoms with van der Waals surface area (Å²) < 4.78 is 56.0. The van der Waals surface area contributed by atoms with Crippen LogP contribution in [0.25, 0.3) is 0 Å². The Morgan fingerprint density at radius 2 is 1.70 bits per heavy atom. The van der Waals surface area contributed by atoms with E-state index in [1.54, 1.807) is 0 Å². The smallest absolute Gasteiger partial charge is 0.387 e. The minimum absolute atomic E-state index is 0.120. The summed E-state index contributed by atoms with van der Waals surface area (Å²) in [6, 6.07) is 13.6. The Kier molecular flexibility index (Phi) is 7.09. The second-order valence-corrected chi connectivity index (χ2v) is 8.50. The molecule has 0 aliphatic carbocycles. The number of amides is 1. The zero-order chi connectivity index (χ0) is 24.2. The second-order valence-electron chi connectivity index (χ2n) is 6.42. The zero-order valence-corrected chi connectivity index (χ0v) is 17.9. The van der Waals surface area contributed by atoms with Gasteiger partial charge in [0.25, 0.3) is 21.6 Å². The molecule has 3 rings (SSSR count). The summed E-state index contributed by atoms with van der Waals surface area (Å²) in [4.78, 5) is 22.3. The van der Waals surface area contributed by atoms with E-state index in [0.717, 1.165) is 6.07 Å². The van der Waals surface area contributed by atoms with Gasteiger partial charge in [-0.25, -0.2) is 8.42 Å². The van der Waals surface area contributed by atoms with Crippen molar-refractivity contribution in [1.82, 2.24) is 0 Å². The Morgan fingerprint density at radius 1 is 1.03 bits per heavy atom. The number of sulfonamides is 1. The molecule has 0 radical (unpaired) electrons. The number of rotatable bonds is 8. The number of nitro benzene ring substituents is 1. The number of carbonyl (C=O) groups excluding carboxylic acids is 1. The summed E-state index contributed by atoms with van der Waals surface area (Å²) in [6.07, 6.45) is 0. The summed E-state index contributed by atoms with van der Waals surface area (Å²) in [6.45, 7) is -3.05. The fourth-order valence-electron chi connectivity index (χ4n) is 2.64. The van der Waals surface area contributed by atoms with E-state index in [4.69, 9.17) is 11.6 Å². The molecule has 0 unspecified atom stereocenters. The van der Waals surface area contributed by atoms with Crippen LogP contribution < -0.4 is 14.8 Å². The van der Waals surface area contributed by atoms with Gasteiger partial charge in [0.1, 0.15) is 5.75 Å². The fraction of sp³-hybridized carbons (Fsp3) is 0.0500. The molecule has 0 saturated carbocycles. The maximum Gasteiger partial charge on any atom is 0.387 e. The van der Waals surface area contributed by atoms with Crippen molar-refractivity contribution in [2.45, 2.75) is 11.5 Å². The number of hydrogen-bond donors (Lipinski definition) is 2. The Balaban J connectivity index is 1.70. The summed E-state index contributed by atoms with van der Waals surface area (Å²) in [5.41, 5.74) is 0.132. The Bertz CT molecular complexity index is 1300. The maximum absolute atomic E-state index is 12.5. The van der Waals surface area contributed by atoms with Gasteiger partial charge in [-0.15, -0.1) is 0 Å². The molecule has 0 aromatic heterocycles. The number of anilines is 2. The molecule has 0 aliphatic heterocycles. The Hall–Kier alpha value is -3.77. The lowest BCUT2D eigenvalue weighted by Crippen LogP contribution is -2.14. The van der Waals surface area contributed by atoms with Gasteiger partial charge in [-0.2, -0.15) is 8.78 Å². The molecular weight excluding hydrogens is 484 g/mol. The average molecular weight is 498 g/mol. The number of nitro groups is 1. The van der Waals surface area contributed by atoms with E-state index in [1.165, 1.54) is 60.7 Å². The highest BCUT2D eigenvalue weighted by Gasteiger charge is 2.18. The molecule has 13 heteroatoms. The van der Waals surface area contributed by atoms with Gasteiger partial charge >= 0.3 is 6.61 Å². The molecular formula is C20H14ClF2N3O6S. The van der Waals surface area contributed by atoms with Gasteiger partial charge in [0.15, 0.2) is 0 Å². The number of benzene rings is 3. The van der Waals surface area contributed by atoms with Crippen molar-refractivity contribution in [1.29, 1.82) is 0 Å². The SMILES string of the molecule is O=C(Nc1ccc(OC(F)F)c(Cl)c1)c1ccc(NS(=O)(=O)c2cccc([N+](=O)[O-])c2)cc1. The van der Waals surface area contributed by atoms with Crippen LogP contribution in [0.2, 0.25) is 5.02 Å². The van der Waals surface area contributed by atoms with Crippen molar-refractivity contribution in [3.05, 3.63) is 87.4 Å². The molecule has 3 aromatic carbocycles. The molecule has 172 valence electrons. The van der Waals surface area contributed by atoms with E-state index in [-0.39, 0.29) is 38.3 Å². The minimum Gasteiger partial charge on any atom is -0.433 e. The summed E-state index contributed by atoms with van der Waals surface area (Å²) in [5, 5.41) is 13.3. The maximum atomic E-state index is 12.5. The van der Waals surface area contributed by atoms with E-state index in [2.05, 4.69) is 14.8 Å². The first-order valence-corrected chi connectivity index (χ1v) is 10.8. The van der Waals surface area contributed by atoms with Crippen LogP contribution in [0.5, 0.6) is 5.75 Å². The van der Waals surface area contributed by atoms with Gasteiger partial charge in [0.05, 0.1) is 14.8 Å². The molecule has 0 saturated heterocycles. The van der Waals surface area contributed by atoms with Crippen molar-refractivity contribution < 1.29 is 31.7 Å². The lowest BCUT2D eigenvalue weighted by Gasteiger charge is -2.11. The first kappa shape index (κ1) is 23.9. The van der Waals surface area contributed by atoms with Gasteiger partial charge in [0.2, 0.25) is 0 Å². The number of carbonyl (C=O) groups is 1. The van der Waals surface area contributed by atoms with Crippen molar-refractivity contribution in [3.8, 4) is 5.75 Å². The topological polar surface area (TPSA) is 128 Å². The third kappa shape index (κ3) is 6.14. The van der Waals surface area contributed by atoms with Gasteiger partial charge in [0, 0.05) is 29.1 Å². The monoisotopic (exact) mass is 497 g/mol. The standard InChI is InChI=1S/C20H14ClF2N3O6S/c21-17-10-14(8-9-18(17)32-20(22)23)24-19(27)12-4-6-13(7-5-12)25-33(30,31)16-3-1-2-15(11-16)26(28)29/h1-11,20,25H,(H,24,27). The first-order chi connectivity index (χ1) is 15.5. The third-order valence-electron chi connectivity index (χ3n) is 4.14. The highest BCUT2D eigenvalue weighted by atomic mass is 35.5. The molecule has 0 aliphatic rings. The van der Waals surface area contributed by atoms with Crippen LogP contribution in [0.3, 0.4) is 0 Å². The average Bonchev–Trinajstić information content (AvgIpc) is 2.75. The number of alkyl halides is 2. The van der Waals surface area contributed by atoms with E-state index in [9.17, 15) is 32.1 Å². The lowest BCUT2D eigenvalue weighted by atomic mass is 10.2. The largest absolute Gasteiger partial charge is 0.433 e. The van der Waals surface area contributed by atoms with Crippen LogP contribution in [0.1, 0.15) is 10.4 Å². The van der Waals surface area contributed by atoms with Crippen molar-refractivity contribution in [2.24, 2.45) is 0 Å². The zero-order valence-electron chi connectivity index (χ0n) is 16.4. The van der Waals surface area contributed by atoms with Gasteiger partial charge in [-0.3, -0.25) is 19.6 Å². The van der Waals surface area contributed by atoms with Gasteiger partial charge in [-0.05, 0) is 48.5 Å². The van der Waals surface area contributed by atoms with E-state index in [1.807, 2.05) is 0 Å². The lowest BCUT2D eigenvalue weighted by molar-refractivity contribution is -0.385. The number of hydrogen-bond acceptors (Lipinski definition) is 6. The van der Waals surface area contributed by atoms with Crippen LogP contribution in [0, 0.1) is 10.1 Å². The molecule has 3 aromatic rings. The van der Waals surface area contributed by atoms with E-state index >= 15 is 0 Å². The molecule has 1 amide bonds. The van der Waals surface area contributed by atoms with Crippen LogP contribution in [-0.2, 0) is 10.0 Å². The van der Waals surface area contributed by atoms with Crippen LogP contribution in [-0.4, -0.2) is 25.9 Å². The third-order valence-corrected chi connectivity index (χ3v) is 5.82. The molecule has 9 nitrogen and oxygen atoms in total. The van der Waals surface area contributed by atoms with E-state index < -0.39 is 27.5 Å². The predicted molar refractivity (Wildman–Crippen MR) is 116 cm³/mol. The van der Waals surface area contributed by atoms with Gasteiger partial charge in [-0.1, -0.05) is 17.7 Å². The van der Waals surface area contributed by atoms with Crippen molar-refractivity contribution >= 4 is 44.6 Å². The quantitative estimate of drug-likeness (QED) is 0.336.